The van der Waals surface area contributed by atoms with E-state index in [1.54, 1.807) is 12.1 Å². The summed E-state index contributed by atoms with van der Waals surface area (Å²) in [5.74, 6) is -2.03. The van der Waals surface area contributed by atoms with E-state index in [9.17, 15) is 9.90 Å². The normalized spacial score (nSPS) is 11.7. The maximum atomic E-state index is 16.5. The number of hydrogen-bond donors (Lipinski definition) is 2. The molecule has 0 saturated carbocycles. The van der Waals surface area contributed by atoms with Crippen molar-refractivity contribution < 1.29 is 14.3 Å². The third-order valence-corrected chi connectivity index (χ3v) is 9.20. The predicted octanol–water partition coefficient (Wildman–Crippen LogP) is 10.2. The van der Waals surface area contributed by atoms with Crippen LogP contribution >= 0.6 is 15.9 Å². The summed E-state index contributed by atoms with van der Waals surface area (Å²) in [7, 11) is 2.05. The van der Waals surface area contributed by atoms with Crippen molar-refractivity contribution in [1.82, 2.24) is 0 Å². The van der Waals surface area contributed by atoms with Gasteiger partial charge in [0.2, 0.25) is 0 Å². The fourth-order valence-corrected chi connectivity index (χ4v) is 6.53. The van der Waals surface area contributed by atoms with E-state index in [2.05, 4.69) is 70.1 Å². The van der Waals surface area contributed by atoms with Crippen LogP contribution < -0.4 is 15.1 Å². The van der Waals surface area contributed by atoms with Crippen molar-refractivity contribution in [3.63, 3.8) is 0 Å². The van der Waals surface area contributed by atoms with E-state index < -0.39 is 11.9 Å². The van der Waals surface area contributed by atoms with E-state index in [1.807, 2.05) is 62.4 Å². The van der Waals surface area contributed by atoms with Crippen molar-refractivity contribution in [2.75, 3.05) is 41.8 Å². The molecule has 0 aliphatic carbocycles. The Morgan fingerprint density at radius 3 is 2.11 bits per heavy atom. The zero-order chi connectivity index (χ0) is 33.2. The Balaban J connectivity index is 1.85. The molecule has 0 saturated heterocycles. The van der Waals surface area contributed by atoms with E-state index >= 15 is 4.39 Å². The first kappa shape index (κ1) is 35.0. The van der Waals surface area contributed by atoms with Gasteiger partial charge >= 0.3 is 5.97 Å². The number of carboxylic acid groups (broad SMARTS) is 1. The van der Waals surface area contributed by atoms with Gasteiger partial charge in [-0.25, -0.2) is 9.18 Å². The smallest absolute Gasteiger partial charge is 0.336 e. The Kier molecular flexibility index (Phi) is 12.7. The van der Waals surface area contributed by atoms with Crippen LogP contribution in [0.15, 0.2) is 83.3 Å². The lowest BCUT2D eigenvalue weighted by Gasteiger charge is -2.28. The number of carboxylic acids is 1. The van der Waals surface area contributed by atoms with Crippen LogP contribution in [-0.2, 0) is 6.54 Å². The zero-order valence-corrected chi connectivity index (χ0v) is 29.3. The SMILES string of the molecule is CCCCN(CCCC)c1ccc(C(c2ccc(N(C)Cc3ccccc3)cc2C)c2cc(Br)c(NCC)cc2C(=O)O)c(F)c1. The van der Waals surface area contributed by atoms with Crippen molar-refractivity contribution >= 4 is 39.0 Å². The Hall–Kier alpha value is -3.84. The van der Waals surface area contributed by atoms with Gasteiger partial charge in [0.05, 0.1) is 5.56 Å². The van der Waals surface area contributed by atoms with Crippen molar-refractivity contribution in [1.29, 1.82) is 0 Å². The highest BCUT2D eigenvalue weighted by Crippen LogP contribution is 2.41. The van der Waals surface area contributed by atoms with Crippen molar-refractivity contribution in [2.24, 2.45) is 0 Å². The molecular formula is C39H47BrFN3O2. The van der Waals surface area contributed by atoms with Gasteiger partial charge in [0, 0.05) is 60.7 Å². The molecule has 1 unspecified atom stereocenters. The summed E-state index contributed by atoms with van der Waals surface area (Å²) in [5, 5.41) is 13.7. The molecule has 0 bridgehead atoms. The lowest BCUT2D eigenvalue weighted by molar-refractivity contribution is 0.0695. The highest BCUT2D eigenvalue weighted by atomic mass is 79.9. The number of halogens is 2. The lowest BCUT2D eigenvalue weighted by Crippen LogP contribution is -2.26. The van der Waals surface area contributed by atoms with Crippen LogP contribution in [-0.4, -0.2) is 37.8 Å². The number of anilines is 3. The van der Waals surface area contributed by atoms with E-state index in [-0.39, 0.29) is 11.4 Å². The van der Waals surface area contributed by atoms with Crippen LogP contribution in [0.5, 0.6) is 0 Å². The van der Waals surface area contributed by atoms with Gasteiger partial charge in [-0.15, -0.1) is 0 Å². The van der Waals surface area contributed by atoms with Crippen molar-refractivity contribution in [3.8, 4) is 0 Å². The Morgan fingerprint density at radius 1 is 0.870 bits per heavy atom. The number of unbranched alkanes of at least 4 members (excludes halogenated alkanes) is 2. The highest BCUT2D eigenvalue weighted by molar-refractivity contribution is 9.10. The van der Waals surface area contributed by atoms with Crippen molar-refractivity contribution in [3.05, 3.63) is 123 Å². The number of aromatic carboxylic acids is 1. The fraction of sp³-hybridized carbons (Fsp3) is 0.359. The fourth-order valence-electron chi connectivity index (χ4n) is 6.03. The topological polar surface area (TPSA) is 55.8 Å². The van der Waals surface area contributed by atoms with Gasteiger partial charge in [0.1, 0.15) is 5.82 Å². The third kappa shape index (κ3) is 8.49. The molecule has 5 nitrogen and oxygen atoms in total. The Bertz CT molecular complexity index is 1600. The van der Waals surface area contributed by atoms with Crippen LogP contribution in [0.3, 0.4) is 0 Å². The minimum Gasteiger partial charge on any atom is -0.478 e. The molecule has 0 spiro atoms. The molecule has 0 fully saturated rings. The van der Waals surface area contributed by atoms with Gasteiger partial charge in [-0.3, -0.25) is 0 Å². The van der Waals surface area contributed by atoms with Crippen LogP contribution in [0.2, 0.25) is 0 Å². The average Bonchev–Trinajstić information content (AvgIpc) is 3.04. The minimum absolute atomic E-state index is 0.143. The molecule has 1 atom stereocenters. The zero-order valence-electron chi connectivity index (χ0n) is 27.7. The Labute approximate surface area is 282 Å². The van der Waals surface area contributed by atoms with Crippen LogP contribution in [0.4, 0.5) is 21.5 Å². The van der Waals surface area contributed by atoms with Gasteiger partial charge in [0.15, 0.2) is 0 Å². The van der Waals surface area contributed by atoms with Gasteiger partial charge < -0.3 is 20.2 Å². The Morgan fingerprint density at radius 2 is 1.52 bits per heavy atom. The first-order valence-corrected chi connectivity index (χ1v) is 17.2. The summed E-state index contributed by atoms with van der Waals surface area (Å²) in [4.78, 5) is 17.2. The quantitative estimate of drug-likeness (QED) is 0.115. The number of aryl methyl sites for hydroxylation is 1. The number of hydrogen-bond acceptors (Lipinski definition) is 4. The van der Waals surface area contributed by atoms with E-state index in [0.717, 1.165) is 72.3 Å². The molecule has 4 aromatic rings. The molecule has 4 rings (SSSR count). The minimum atomic E-state index is -1.05. The van der Waals surface area contributed by atoms with Gasteiger partial charge in [-0.1, -0.05) is 69.2 Å². The molecule has 0 heterocycles. The van der Waals surface area contributed by atoms with Gasteiger partial charge in [-0.05, 0) is 107 Å². The standard InChI is InChI=1S/C39H47BrFN3O2/c1-6-9-20-44(21-10-7-2)30-17-19-32(36(41)23-30)38(33-24-35(40)37(42-8-3)25-34(33)39(45)46)31-18-16-29(22-27(31)4)43(5)26-28-14-12-11-13-15-28/h11-19,22-25,38,42H,6-10,20-21,26H2,1-5H3,(H,45,46). The molecule has 0 amide bonds. The molecular weight excluding hydrogens is 641 g/mol. The van der Waals surface area contributed by atoms with Crippen LogP contribution in [0.1, 0.15) is 90.5 Å². The molecule has 2 N–H and O–H groups in total. The maximum Gasteiger partial charge on any atom is 0.336 e. The molecule has 7 heteroatoms. The molecule has 0 radical (unpaired) electrons. The summed E-state index contributed by atoms with van der Waals surface area (Å²) in [5.41, 5.74) is 6.74. The summed E-state index contributed by atoms with van der Waals surface area (Å²) < 4.78 is 17.2. The van der Waals surface area contributed by atoms with E-state index in [4.69, 9.17) is 0 Å². The van der Waals surface area contributed by atoms with Crippen LogP contribution in [0.25, 0.3) is 0 Å². The highest BCUT2D eigenvalue weighted by Gasteiger charge is 2.28. The summed E-state index contributed by atoms with van der Waals surface area (Å²) >= 11 is 3.66. The summed E-state index contributed by atoms with van der Waals surface area (Å²) in [6.07, 6.45) is 4.20. The third-order valence-electron chi connectivity index (χ3n) is 8.54. The summed E-state index contributed by atoms with van der Waals surface area (Å²) in [6, 6.07) is 25.4. The van der Waals surface area contributed by atoms with Gasteiger partial charge in [0.25, 0.3) is 0 Å². The second-order valence-electron chi connectivity index (χ2n) is 12.0. The number of rotatable bonds is 16. The van der Waals surface area contributed by atoms with E-state index in [1.165, 1.54) is 5.56 Å². The van der Waals surface area contributed by atoms with E-state index in [0.29, 0.717) is 23.4 Å². The number of nitrogens with one attached hydrogen (secondary N) is 1. The van der Waals surface area contributed by atoms with Gasteiger partial charge in [-0.2, -0.15) is 0 Å². The lowest BCUT2D eigenvalue weighted by atomic mass is 9.80. The van der Waals surface area contributed by atoms with Crippen molar-refractivity contribution in [2.45, 2.75) is 65.8 Å². The molecule has 0 aliphatic rings. The van der Waals surface area contributed by atoms with Crippen LogP contribution in [0, 0.1) is 12.7 Å². The molecule has 0 aliphatic heterocycles. The second-order valence-corrected chi connectivity index (χ2v) is 12.8. The largest absolute Gasteiger partial charge is 0.478 e. The molecule has 46 heavy (non-hydrogen) atoms. The monoisotopic (exact) mass is 687 g/mol. The first-order chi connectivity index (χ1) is 22.2. The molecule has 244 valence electrons. The number of benzene rings is 4. The average molecular weight is 689 g/mol. The maximum absolute atomic E-state index is 16.5. The first-order valence-electron chi connectivity index (χ1n) is 16.4. The second kappa shape index (κ2) is 16.6. The predicted molar refractivity (Wildman–Crippen MR) is 194 cm³/mol. The number of carbonyl (C=O) groups is 1. The molecule has 4 aromatic carbocycles. The summed E-state index contributed by atoms with van der Waals surface area (Å²) in [6.45, 7) is 11.4. The molecule has 0 aromatic heterocycles. The number of nitrogens with zero attached hydrogens (tertiary/aromatic N) is 2.